The van der Waals surface area contributed by atoms with Gasteiger partial charge in [0.1, 0.15) is 5.82 Å². The average molecular weight is 245 g/mol. The Morgan fingerprint density at radius 2 is 2.46 bits per heavy atom. The molecule has 0 amide bonds. The van der Waals surface area contributed by atoms with E-state index in [2.05, 4.69) is 26.0 Å². The van der Waals surface area contributed by atoms with Gasteiger partial charge in [-0.25, -0.2) is 9.67 Å². The molecule has 1 aliphatic heterocycles. The summed E-state index contributed by atoms with van der Waals surface area (Å²) in [7, 11) is 0. The normalized spacial score (nSPS) is 21.5. The SMILES string of the molecule is NCCC1CCc2nc(Br)nn2C1. The van der Waals surface area contributed by atoms with Gasteiger partial charge in [-0.1, -0.05) is 0 Å². The van der Waals surface area contributed by atoms with Crippen LogP contribution in [0.5, 0.6) is 0 Å². The molecule has 5 heteroatoms. The molecule has 1 atom stereocenters. The van der Waals surface area contributed by atoms with E-state index in [0.717, 1.165) is 31.8 Å². The number of nitrogens with zero attached hydrogens (tertiary/aromatic N) is 3. The van der Waals surface area contributed by atoms with E-state index in [4.69, 9.17) is 5.73 Å². The van der Waals surface area contributed by atoms with Gasteiger partial charge < -0.3 is 5.73 Å². The Morgan fingerprint density at radius 3 is 3.23 bits per heavy atom. The minimum atomic E-state index is 0.686. The van der Waals surface area contributed by atoms with Gasteiger partial charge in [0, 0.05) is 13.0 Å². The van der Waals surface area contributed by atoms with E-state index in [-0.39, 0.29) is 0 Å². The van der Waals surface area contributed by atoms with Crippen molar-refractivity contribution in [2.75, 3.05) is 6.54 Å². The zero-order chi connectivity index (χ0) is 9.26. The second kappa shape index (κ2) is 3.75. The summed E-state index contributed by atoms with van der Waals surface area (Å²) in [4.78, 5) is 4.28. The number of fused-ring (bicyclic) bond motifs is 1. The van der Waals surface area contributed by atoms with Crippen LogP contribution in [-0.2, 0) is 13.0 Å². The summed E-state index contributed by atoms with van der Waals surface area (Å²) in [5, 5.41) is 4.27. The first-order valence-electron chi connectivity index (χ1n) is 4.59. The van der Waals surface area contributed by atoms with Crippen LogP contribution < -0.4 is 5.73 Å². The standard InChI is InChI=1S/C8H13BrN4/c9-8-11-7-2-1-6(3-4-10)5-13(7)12-8/h6H,1-5,10H2. The molecule has 0 saturated heterocycles. The minimum Gasteiger partial charge on any atom is -0.330 e. The smallest absolute Gasteiger partial charge is 0.217 e. The van der Waals surface area contributed by atoms with Crippen LogP contribution in [0.1, 0.15) is 18.7 Å². The lowest BCUT2D eigenvalue weighted by molar-refractivity contribution is 0.328. The predicted octanol–water partition coefficient (Wildman–Crippen LogP) is 0.952. The highest BCUT2D eigenvalue weighted by atomic mass is 79.9. The maximum Gasteiger partial charge on any atom is 0.217 e. The maximum atomic E-state index is 5.53. The maximum absolute atomic E-state index is 5.53. The molecule has 0 aromatic carbocycles. The number of rotatable bonds is 2. The Morgan fingerprint density at radius 1 is 1.62 bits per heavy atom. The summed E-state index contributed by atoms with van der Waals surface area (Å²) in [6.45, 7) is 1.75. The van der Waals surface area contributed by atoms with Crippen LogP contribution in [0, 0.1) is 5.92 Å². The van der Waals surface area contributed by atoms with E-state index in [1.807, 2.05) is 4.68 Å². The molecule has 0 bridgehead atoms. The van der Waals surface area contributed by atoms with E-state index in [1.54, 1.807) is 0 Å². The Hall–Kier alpha value is -0.420. The Balaban J connectivity index is 2.10. The van der Waals surface area contributed by atoms with E-state index >= 15 is 0 Å². The summed E-state index contributed by atoms with van der Waals surface area (Å²) in [6, 6.07) is 0. The number of aryl methyl sites for hydroxylation is 1. The first-order chi connectivity index (χ1) is 6.29. The third-order valence-electron chi connectivity index (χ3n) is 2.50. The predicted molar refractivity (Wildman–Crippen MR) is 53.2 cm³/mol. The first-order valence-corrected chi connectivity index (χ1v) is 5.38. The molecule has 13 heavy (non-hydrogen) atoms. The van der Waals surface area contributed by atoms with E-state index in [0.29, 0.717) is 10.7 Å². The summed E-state index contributed by atoms with van der Waals surface area (Å²) >= 11 is 3.28. The van der Waals surface area contributed by atoms with Gasteiger partial charge in [0.2, 0.25) is 4.73 Å². The van der Waals surface area contributed by atoms with Gasteiger partial charge >= 0.3 is 0 Å². The van der Waals surface area contributed by atoms with Crippen molar-refractivity contribution in [3.05, 3.63) is 10.6 Å². The lowest BCUT2D eigenvalue weighted by Crippen LogP contribution is -2.23. The van der Waals surface area contributed by atoms with Crippen LogP contribution in [0.15, 0.2) is 4.73 Å². The zero-order valence-corrected chi connectivity index (χ0v) is 9.00. The molecule has 2 rings (SSSR count). The monoisotopic (exact) mass is 244 g/mol. The van der Waals surface area contributed by atoms with Gasteiger partial charge in [0.05, 0.1) is 0 Å². The summed E-state index contributed by atoms with van der Waals surface area (Å²) in [5.74, 6) is 1.78. The van der Waals surface area contributed by atoms with Crippen LogP contribution in [0.4, 0.5) is 0 Å². The molecule has 0 aliphatic carbocycles. The molecular formula is C8H13BrN4. The fraction of sp³-hybridized carbons (Fsp3) is 0.750. The van der Waals surface area contributed by atoms with Gasteiger partial charge in [-0.05, 0) is 41.2 Å². The lowest BCUT2D eigenvalue weighted by atomic mass is 9.96. The van der Waals surface area contributed by atoms with Crippen molar-refractivity contribution < 1.29 is 0 Å². The van der Waals surface area contributed by atoms with Gasteiger partial charge in [0.25, 0.3) is 0 Å². The summed E-state index contributed by atoms with van der Waals surface area (Å²) < 4.78 is 2.70. The highest BCUT2D eigenvalue weighted by Gasteiger charge is 2.20. The molecular weight excluding hydrogens is 232 g/mol. The van der Waals surface area contributed by atoms with Crippen LogP contribution in [-0.4, -0.2) is 21.3 Å². The van der Waals surface area contributed by atoms with Crippen LogP contribution in [0.25, 0.3) is 0 Å². The third kappa shape index (κ3) is 1.91. The van der Waals surface area contributed by atoms with E-state index < -0.39 is 0 Å². The number of aromatic nitrogens is 3. The van der Waals surface area contributed by atoms with E-state index in [9.17, 15) is 0 Å². The highest BCUT2D eigenvalue weighted by Crippen LogP contribution is 2.21. The second-order valence-electron chi connectivity index (χ2n) is 3.46. The fourth-order valence-corrected chi connectivity index (χ4v) is 2.21. The third-order valence-corrected chi connectivity index (χ3v) is 2.84. The van der Waals surface area contributed by atoms with Gasteiger partial charge in [-0.2, -0.15) is 0 Å². The van der Waals surface area contributed by atoms with Crippen LogP contribution in [0.3, 0.4) is 0 Å². The first kappa shape index (κ1) is 9.15. The van der Waals surface area contributed by atoms with Crippen LogP contribution in [0.2, 0.25) is 0 Å². The fourth-order valence-electron chi connectivity index (χ4n) is 1.82. The molecule has 0 spiro atoms. The van der Waals surface area contributed by atoms with Gasteiger partial charge in [-0.15, -0.1) is 5.10 Å². The second-order valence-corrected chi connectivity index (χ2v) is 4.17. The molecule has 0 fully saturated rings. The lowest BCUT2D eigenvalue weighted by Gasteiger charge is -2.21. The Labute approximate surface area is 85.6 Å². The van der Waals surface area contributed by atoms with Gasteiger partial charge in [0.15, 0.2) is 0 Å². The molecule has 1 unspecified atom stereocenters. The quantitative estimate of drug-likeness (QED) is 0.843. The van der Waals surface area contributed by atoms with Crippen LogP contribution >= 0.6 is 15.9 Å². The molecule has 0 saturated carbocycles. The Bertz CT molecular complexity index is 296. The molecule has 72 valence electrons. The molecule has 1 aliphatic rings. The largest absolute Gasteiger partial charge is 0.330 e. The summed E-state index contributed by atoms with van der Waals surface area (Å²) in [5.41, 5.74) is 5.53. The number of hydrogen-bond donors (Lipinski definition) is 1. The Kier molecular flexibility index (Phi) is 2.64. The van der Waals surface area contributed by atoms with Gasteiger partial charge in [-0.3, -0.25) is 0 Å². The molecule has 2 heterocycles. The molecule has 2 N–H and O–H groups in total. The number of hydrogen-bond acceptors (Lipinski definition) is 3. The van der Waals surface area contributed by atoms with Crippen molar-refractivity contribution >= 4 is 15.9 Å². The molecule has 1 aromatic heterocycles. The summed E-state index contributed by atoms with van der Waals surface area (Å²) in [6.07, 6.45) is 3.32. The van der Waals surface area contributed by atoms with Crippen molar-refractivity contribution in [2.45, 2.75) is 25.8 Å². The number of halogens is 1. The van der Waals surface area contributed by atoms with Crippen molar-refractivity contribution in [3.8, 4) is 0 Å². The van der Waals surface area contributed by atoms with Crippen molar-refractivity contribution in [1.82, 2.24) is 14.8 Å². The zero-order valence-electron chi connectivity index (χ0n) is 7.41. The highest BCUT2D eigenvalue weighted by molar-refractivity contribution is 9.10. The minimum absolute atomic E-state index is 0.686. The van der Waals surface area contributed by atoms with Crippen molar-refractivity contribution in [2.24, 2.45) is 11.7 Å². The number of nitrogens with two attached hydrogens (primary N) is 1. The van der Waals surface area contributed by atoms with Crippen molar-refractivity contribution in [1.29, 1.82) is 0 Å². The van der Waals surface area contributed by atoms with E-state index in [1.165, 1.54) is 6.42 Å². The molecule has 0 radical (unpaired) electrons. The van der Waals surface area contributed by atoms with Crippen molar-refractivity contribution in [3.63, 3.8) is 0 Å². The molecule has 1 aromatic rings. The topological polar surface area (TPSA) is 56.7 Å². The molecule has 4 nitrogen and oxygen atoms in total. The average Bonchev–Trinajstić information content (AvgIpc) is 2.44.